The van der Waals surface area contributed by atoms with Gasteiger partial charge in [0.25, 0.3) is 0 Å². The number of anilines is 1. The molecule has 1 saturated heterocycles. The second kappa shape index (κ2) is 5.48. The van der Waals surface area contributed by atoms with Crippen LogP contribution >= 0.6 is 0 Å². The molecule has 114 valence electrons. The first kappa shape index (κ1) is 13.4. The lowest BCUT2D eigenvalue weighted by atomic mass is 10.0. The number of nitrogens with two attached hydrogens (primary N) is 1. The summed E-state index contributed by atoms with van der Waals surface area (Å²) < 4.78 is 17.0. The Hall–Kier alpha value is -1.30. The van der Waals surface area contributed by atoms with E-state index in [4.69, 9.17) is 19.9 Å². The average molecular weight is 290 g/mol. The van der Waals surface area contributed by atoms with Gasteiger partial charge in [-0.15, -0.1) is 0 Å². The summed E-state index contributed by atoms with van der Waals surface area (Å²) in [4.78, 5) is 2.54. The largest absolute Gasteiger partial charge is 0.467 e. The molecule has 2 unspecified atom stereocenters. The van der Waals surface area contributed by atoms with E-state index in [0.29, 0.717) is 25.5 Å². The molecule has 2 heterocycles. The zero-order valence-corrected chi connectivity index (χ0v) is 12.2. The number of ether oxygens (including phenoxy) is 3. The minimum Gasteiger partial charge on any atom is -0.467 e. The maximum absolute atomic E-state index is 6.04. The van der Waals surface area contributed by atoms with Crippen LogP contribution in [-0.2, 0) is 22.6 Å². The molecule has 3 aliphatic rings. The van der Waals surface area contributed by atoms with E-state index in [1.807, 2.05) is 12.1 Å². The van der Waals surface area contributed by atoms with E-state index in [2.05, 4.69) is 4.90 Å². The van der Waals surface area contributed by atoms with Crippen LogP contribution in [0.1, 0.15) is 30.4 Å². The maximum atomic E-state index is 6.04. The molecule has 2 N–H and O–H groups in total. The van der Waals surface area contributed by atoms with E-state index < -0.39 is 0 Å². The molecule has 4 rings (SSSR count). The van der Waals surface area contributed by atoms with Gasteiger partial charge in [0.2, 0.25) is 0 Å². The van der Waals surface area contributed by atoms with Crippen molar-refractivity contribution in [1.82, 2.24) is 4.90 Å². The van der Waals surface area contributed by atoms with E-state index in [1.165, 1.54) is 24.8 Å². The van der Waals surface area contributed by atoms with Crippen LogP contribution in [0.5, 0.6) is 5.75 Å². The quantitative estimate of drug-likeness (QED) is 0.843. The third kappa shape index (κ3) is 2.50. The van der Waals surface area contributed by atoms with Crippen molar-refractivity contribution in [3.8, 4) is 5.75 Å². The Balaban J connectivity index is 1.60. The minimum absolute atomic E-state index is 0.332. The van der Waals surface area contributed by atoms with Crippen molar-refractivity contribution in [1.29, 1.82) is 0 Å². The number of hydrogen-bond acceptors (Lipinski definition) is 5. The second-order valence-electron chi connectivity index (χ2n) is 6.16. The van der Waals surface area contributed by atoms with Gasteiger partial charge < -0.3 is 19.9 Å². The normalized spacial score (nSPS) is 28.8. The predicted octanol–water partition coefficient (Wildman–Crippen LogP) is 1.89. The summed E-state index contributed by atoms with van der Waals surface area (Å²) >= 11 is 0. The average Bonchev–Trinajstić information content (AvgIpc) is 2.96. The van der Waals surface area contributed by atoms with Crippen LogP contribution in [0.15, 0.2) is 12.1 Å². The fourth-order valence-corrected chi connectivity index (χ4v) is 3.86. The van der Waals surface area contributed by atoms with Gasteiger partial charge in [0.15, 0.2) is 6.79 Å². The Bertz CT molecular complexity index is 534. The highest BCUT2D eigenvalue weighted by molar-refractivity contribution is 5.53. The van der Waals surface area contributed by atoms with Gasteiger partial charge in [-0.1, -0.05) is 0 Å². The molecule has 0 spiro atoms. The molecule has 5 heteroatoms. The van der Waals surface area contributed by atoms with Crippen LogP contribution in [0.3, 0.4) is 0 Å². The number of nitrogens with zero attached hydrogens (tertiary/aromatic N) is 1. The SMILES string of the molecule is Nc1cc2c(c(CN3CCOC4CCCC43)c1)OCOC2. The van der Waals surface area contributed by atoms with Crippen molar-refractivity contribution in [2.45, 2.75) is 44.6 Å². The monoisotopic (exact) mass is 290 g/mol. The Kier molecular flexibility index (Phi) is 3.49. The van der Waals surface area contributed by atoms with Crippen LogP contribution in [0, 0.1) is 0 Å². The van der Waals surface area contributed by atoms with E-state index >= 15 is 0 Å². The molecule has 1 aromatic rings. The fourth-order valence-electron chi connectivity index (χ4n) is 3.86. The molecule has 0 bridgehead atoms. The number of hydrogen-bond donors (Lipinski definition) is 1. The molecule has 21 heavy (non-hydrogen) atoms. The minimum atomic E-state index is 0.332. The standard InChI is InChI=1S/C16H22N2O3/c17-13-6-11(16-12(7-13)9-19-10-21-16)8-18-4-5-20-15-3-1-2-14(15)18/h6-7,14-15H,1-5,8-10,17H2. The molecular weight excluding hydrogens is 268 g/mol. The highest BCUT2D eigenvalue weighted by Crippen LogP contribution is 2.35. The molecule has 1 aliphatic carbocycles. The van der Waals surface area contributed by atoms with Crippen molar-refractivity contribution in [2.75, 3.05) is 25.7 Å². The fraction of sp³-hybridized carbons (Fsp3) is 0.625. The van der Waals surface area contributed by atoms with Crippen molar-refractivity contribution < 1.29 is 14.2 Å². The molecule has 0 radical (unpaired) electrons. The lowest BCUT2D eigenvalue weighted by Gasteiger charge is -2.38. The zero-order valence-electron chi connectivity index (χ0n) is 12.2. The van der Waals surface area contributed by atoms with Gasteiger partial charge in [-0.25, -0.2) is 0 Å². The lowest BCUT2D eigenvalue weighted by Crippen LogP contribution is -2.47. The Labute approximate surface area is 125 Å². The third-order valence-electron chi connectivity index (χ3n) is 4.78. The van der Waals surface area contributed by atoms with Gasteiger partial charge in [0.1, 0.15) is 5.75 Å². The van der Waals surface area contributed by atoms with Crippen LogP contribution in [-0.4, -0.2) is 37.0 Å². The topological polar surface area (TPSA) is 57.0 Å². The number of fused-ring (bicyclic) bond motifs is 2. The zero-order chi connectivity index (χ0) is 14.2. The molecule has 1 saturated carbocycles. The van der Waals surface area contributed by atoms with Crippen LogP contribution in [0.2, 0.25) is 0 Å². The van der Waals surface area contributed by atoms with Crippen molar-refractivity contribution >= 4 is 5.69 Å². The number of nitrogen functional groups attached to an aromatic ring is 1. The molecule has 2 fully saturated rings. The first-order valence-electron chi connectivity index (χ1n) is 7.79. The number of rotatable bonds is 2. The summed E-state index contributed by atoms with van der Waals surface area (Å²) in [6.45, 7) is 3.62. The Morgan fingerprint density at radius 1 is 1.29 bits per heavy atom. The number of benzene rings is 1. The first-order chi connectivity index (χ1) is 10.3. The second-order valence-corrected chi connectivity index (χ2v) is 6.16. The lowest BCUT2D eigenvalue weighted by molar-refractivity contribution is -0.0599. The molecule has 2 atom stereocenters. The third-order valence-corrected chi connectivity index (χ3v) is 4.78. The van der Waals surface area contributed by atoms with Crippen LogP contribution < -0.4 is 10.5 Å². The van der Waals surface area contributed by atoms with Crippen molar-refractivity contribution in [3.63, 3.8) is 0 Å². The van der Waals surface area contributed by atoms with E-state index in [-0.39, 0.29) is 0 Å². The van der Waals surface area contributed by atoms with E-state index in [9.17, 15) is 0 Å². The summed E-state index contributed by atoms with van der Waals surface area (Å²) in [5, 5.41) is 0. The summed E-state index contributed by atoms with van der Waals surface area (Å²) in [7, 11) is 0. The van der Waals surface area contributed by atoms with Crippen LogP contribution in [0.4, 0.5) is 5.69 Å². The van der Waals surface area contributed by atoms with Gasteiger partial charge in [0, 0.05) is 35.9 Å². The van der Waals surface area contributed by atoms with Gasteiger partial charge >= 0.3 is 0 Å². The summed E-state index contributed by atoms with van der Waals surface area (Å²) in [6.07, 6.45) is 4.12. The smallest absolute Gasteiger partial charge is 0.189 e. The summed E-state index contributed by atoms with van der Waals surface area (Å²) in [6, 6.07) is 4.55. The van der Waals surface area contributed by atoms with Gasteiger partial charge in [0.05, 0.1) is 19.3 Å². The van der Waals surface area contributed by atoms with Crippen molar-refractivity contribution in [3.05, 3.63) is 23.3 Å². The highest BCUT2D eigenvalue weighted by atomic mass is 16.7. The summed E-state index contributed by atoms with van der Waals surface area (Å²) in [5.41, 5.74) is 9.07. The Morgan fingerprint density at radius 3 is 3.19 bits per heavy atom. The van der Waals surface area contributed by atoms with E-state index in [1.54, 1.807) is 0 Å². The van der Waals surface area contributed by atoms with Gasteiger partial charge in [-0.2, -0.15) is 0 Å². The molecule has 2 aliphatic heterocycles. The highest BCUT2D eigenvalue weighted by Gasteiger charge is 2.36. The first-order valence-corrected chi connectivity index (χ1v) is 7.79. The molecule has 0 amide bonds. The molecule has 1 aromatic carbocycles. The molecule has 0 aromatic heterocycles. The van der Waals surface area contributed by atoms with Crippen LogP contribution in [0.25, 0.3) is 0 Å². The van der Waals surface area contributed by atoms with Gasteiger partial charge in [-0.3, -0.25) is 4.90 Å². The van der Waals surface area contributed by atoms with Gasteiger partial charge in [-0.05, 0) is 31.4 Å². The molecular formula is C16H22N2O3. The van der Waals surface area contributed by atoms with Crippen molar-refractivity contribution in [2.24, 2.45) is 0 Å². The predicted molar refractivity (Wildman–Crippen MR) is 78.9 cm³/mol. The number of morpholine rings is 1. The summed E-state index contributed by atoms with van der Waals surface area (Å²) in [5.74, 6) is 0.969. The molecule has 5 nitrogen and oxygen atoms in total. The Morgan fingerprint density at radius 2 is 2.24 bits per heavy atom. The van der Waals surface area contributed by atoms with E-state index in [0.717, 1.165) is 36.7 Å². The maximum Gasteiger partial charge on any atom is 0.189 e.